The zero-order valence-electron chi connectivity index (χ0n) is 8.37. The van der Waals surface area contributed by atoms with Crippen LogP contribution < -0.4 is 5.32 Å². The number of imide groups is 1. The number of amides is 3. The van der Waals surface area contributed by atoms with Crippen molar-refractivity contribution in [2.45, 2.75) is 19.4 Å². The third-order valence-electron chi connectivity index (χ3n) is 2.15. The second-order valence-electron chi connectivity index (χ2n) is 3.53. The molecule has 0 aromatic heterocycles. The van der Waals surface area contributed by atoms with Crippen LogP contribution in [-0.4, -0.2) is 35.7 Å². The zero-order chi connectivity index (χ0) is 10.8. The van der Waals surface area contributed by atoms with Crippen LogP contribution >= 0.6 is 0 Å². The highest BCUT2D eigenvalue weighted by Gasteiger charge is 2.45. The molecular formula is C9H14N2O3. The number of hydrogen-bond donors (Lipinski definition) is 1. The average molecular weight is 198 g/mol. The minimum absolute atomic E-state index is 0.0938. The van der Waals surface area contributed by atoms with Gasteiger partial charge in [0.15, 0.2) is 0 Å². The van der Waals surface area contributed by atoms with Gasteiger partial charge in [-0.1, -0.05) is 6.08 Å². The molecule has 0 aromatic carbocycles. The summed E-state index contributed by atoms with van der Waals surface area (Å²) in [6, 6.07) is -0.413. The highest BCUT2D eigenvalue weighted by atomic mass is 16.5. The largest absolute Gasteiger partial charge is 0.357 e. The molecule has 0 saturated carbocycles. The van der Waals surface area contributed by atoms with Gasteiger partial charge >= 0.3 is 6.03 Å². The molecule has 0 aromatic rings. The van der Waals surface area contributed by atoms with Gasteiger partial charge in [0.05, 0.1) is 6.61 Å². The lowest BCUT2D eigenvalue weighted by Crippen LogP contribution is -2.45. The first-order valence-corrected chi connectivity index (χ1v) is 4.32. The fourth-order valence-electron chi connectivity index (χ4n) is 1.14. The monoisotopic (exact) mass is 198 g/mol. The van der Waals surface area contributed by atoms with E-state index in [1.165, 1.54) is 4.90 Å². The molecule has 0 radical (unpaired) electrons. The summed E-state index contributed by atoms with van der Waals surface area (Å²) in [5.74, 6) is -0.301. The third-order valence-corrected chi connectivity index (χ3v) is 2.15. The molecule has 1 rings (SSSR count). The van der Waals surface area contributed by atoms with Gasteiger partial charge in [-0.05, 0) is 13.8 Å². The van der Waals surface area contributed by atoms with Crippen molar-refractivity contribution in [3.05, 3.63) is 12.7 Å². The van der Waals surface area contributed by atoms with Crippen LogP contribution in [0.4, 0.5) is 4.79 Å². The molecule has 0 bridgehead atoms. The van der Waals surface area contributed by atoms with Crippen molar-refractivity contribution in [1.29, 1.82) is 0 Å². The highest BCUT2D eigenvalue weighted by Crippen LogP contribution is 2.20. The first-order valence-electron chi connectivity index (χ1n) is 4.32. The molecule has 1 heterocycles. The van der Waals surface area contributed by atoms with E-state index < -0.39 is 11.6 Å². The molecule has 1 aliphatic heterocycles. The Labute approximate surface area is 82.7 Å². The van der Waals surface area contributed by atoms with E-state index in [1.54, 1.807) is 19.9 Å². The predicted molar refractivity (Wildman–Crippen MR) is 50.5 cm³/mol. The minimum atomic E-state index is -0.835. The number of urea groups is 1. The molecule has 1 N–H and O–H groups in total. The molecule has 1 saturated heterocycles. The van der Waals surface area contributed by atoms with Crippen molar-refractivity contribution in [2.24, 2.45) is 0 Å². The number of nitrogens with one attached hydrogen (secondary N) is 1. The van der Waals surface area contributed by atoms with E-state index in [0.717, 1.165) is 0 Å². The van der Waals surface area contributed by atoms with Crippen LogP contribution in [0.25, 0.3) is 0 Å². The highest BCUT2D eigenvalue weighted by molar-refractivity contribution is 6.06. The van der Waals surface area contributed by atoms with E-state index in [1.807, 2.05) is 0 Å². The van der Waals surface area contributed by atoms with Crippen molar-refractivity contribution in [3.63, 3.8) is 0 Å². The fourth-order valence-corrected chi connectivity index (χ4v) is 1.14. The topological polar surface area (TPSA) is 58.6 Å². The van der Waals surface area contributed by atoms with Gasteiger partial charge in [0.2, 0.25) is 0 Å². The van der Waals surface area contributed by atoms with Crippen molar-refractivity contribution >= 4 is 11.9 Å². The summed E-state index contributed by atoms with van der Waals surface area (Å²) >= 11 is 0. The SMILES string of the molecule is C=CCOCN1C(=O)NC(=O)C1(C)C. The lowest BCUT2D eigenvalue weighted by molar-refractivity contribution is -0.126. The molecule has 0 aliphatic carbocycles. The Balaban J connectivity index is 2.62. The molecule has 0 unspecified atom stereocenters. The lowest BCUT2D eigenvalue weighted by atomic mass is 10.1. The Bertz CT molecular complexity index is 273. The number of rotatable bonds is 4. The summed E-state index contributed by atoms with van der Waals surface area (Å²) in [4.78, 5) is 23.9. The summed E-state index contributed by atoms with van der Waals surface area (Å²) in [6.07, 6.45) is 1.59. The summed E-state index contributed by atoms with van der Waals surface area (Å²) in [5, 5.41) is 2.23. The molecule has 3 amide bonds. The molecule has 5 heteroatoms. The Morgan fingerprint density at radius 2 is 2.21 bits per heavy atom. The maximum atomic E-state index is 11.3. The second-order valence-corrected chi connectivity index (χ2v) is 3.53. The van der Waals surface area contributed by atoms with Gasteiger partial charge in [-0.3, -0.25) is 15.0 Å². The van der Waals surface area contributed by atoms with E-state index in [4.69, 9.17) is 4.74 Å². The summed E-state index contributed by atoms with van der Waals surface area (Å²) in [7, 11) is 0. The summed E-state index contributed by atoms with van der Waals surface area (Å²) < 4.78 is 5.12. The van der Waals surface area contributed by atoms with Crippen LogP contribution in [0.2, 0.25) is 0 Å². The van der Waals surface area contributed by atoms with Crippen LogP contribution in [0.3, 0.4) is 0 Å². The summed E-state index contributed by atoms with van der Waals surface area (Å²) in [5.41, 5.74) is -0.835. The van der Waals surface area contributed by atoms with Crippen LogP contribution in [0.5, 0.6) is 0 Å². The van der Waals surface area contributed by atoms with Crippen LogP contribution in [0.1, 0.15) is 13.8 Å². The Kier molecular flexibility index (Phi) is 2.90. The minimum Gasteiger partial charge on any atom is -0.357 e. The maximum Gasteiger partial charge on any atom is 0.326 e. The first-order chi connectivity index (χ1) is 6.50. The van der Waals surface area contributed by atoms with Gasteiger partial charge < -0.3 is 4.74 Å². The van der Waals surface area contributed by atoms with Crippen molar-refractivity contribution < 1.29 is 14.3 Å². The molecule has 1 aliphatic rings. The van der Waals surface area contributed by atoms with Gasteiger partial charge in [0.25, 0.3) is 5.91 Å². The molecule has 0 atom stereocenters. The second kappa shape index (κ2) is 3.79. The smallest absolute Gasteiger partial charge is 0.326 e. The van der Waals surface area contributed by atoms with E-state index in [9.17, 15) is 9.59 Å². The molecule has 5 nitrogen and oxygen atoms in total. The standard InChI is InChI=1S/C9H14N2O3/c1-4-5-14-6-11-8(13)10-7(12)9(11,2)3/h4H,1,5-6H2,2-3H3,(H,10,12,13). The van der Waals surface area contributed by atoms with Gasteiger partial charge in [0.1, 0.15) is 12.3 Å². The number of ether oxygens (including phenoxy) is 1. The zero-order valence-corrected chi connectivity index (χ0v) is 8.37. The fraction of sp³-hybridized carbons (Fsp3) is 0.556. The van der Waals surface area contributed by atoms with Crippen molar-refractivity contribution in [2.75, 3.05) is 13.3 Å². The Morgan fingerprint density at radius 3 is 2.64 bits per heavy atom. The first kappa shape index (κ1) is 10.7. The molecule has 0 spiro atoms. The van der Waals surface area contributed by atoms with Gasteiger partial charge in [-0.15, -0.1) is 6.58 Å². The van der Waals surface area contributed by atoms with E-state index >= 15 is 0 Å². The van der Waals surface area contributed by atoms with Gasteiger partial charge in [-0.25, -0.2) is 4.79 Å². The van der Waals surface area contributed by atoms with Crippen LogP contribution in [0.15, 0.2) is 12.7 Å². The maximum absolute atomic E-state index is 11.3. The number of nitrogens with zero attached hydrogens (tertiary/aromatic N) is 1. The quantitative estimate of drug-likeness (QED) is 0.406. The normalized spacial score (nSPS) is 19.7. The third kappa shape index (κ3) is 1.77. The van der Waals surface area contributed by atoms with Gasteiger partial charge in [-0.2, -0.15) is 0 Å². The molecule has 14 heavy (non-hydrogen) atoms. The molecule has 78 valence electrons. The molecular weight excluding hydrogens is 184 g/mol. The van der Waals surface area contributed by atoms with Crippen molar-refractivity contribution in [3.8, 4) is 0 Å². The Hall–Kier alpha value is -1.36. The number of carbonyl (C=O) groups is 2. The van der Waals surface area contributed by atoms with Crippen LogP contribution in [0, 0.1) is 0 Å². The van der Waals surface area contributed by atoms with Crippen LogP contribution in [-0.2, 0) is 9.53 Å². The average Bonchev–Trinajstić information content (AvgIpc) is 2.28. The van der Waals surface area contributed by atoms with Crippen molar-refractivity contribution in [1.82, 2.24) is 10.2 Å². The number of hydrogen-bond acceptors (Lipinski definition) is 3. The van der Waals surface area contributed by atoms with Gasteiger partial charge in [0, 0.05) is 0 Å². The van der Waals surface area contributed by atoms with E-state index in [-0.39, 0.29) is 12.6 Å². The van der Waals surface area contributed by atoms with E-state index in [2.05, 4.69) is 11.9 Å². The Morgan fingerprint density at radius 1 is 1.57 bits per heavy atom. The lowest BCUT2D eigenvalue weighted by Gasteiger charge is -2.27. The predicted octanol–water partition coefficient (Wildman–Crippen LogP) is 0.477. The van der Waals surface area contributed by atoms with E-state index in [0.29, 0.717) is 6.61 Å². The molecule has 1 fully saturated rings. The number of carbonyl (C=O) groups excluding carboxylic acids is 2. The summed E-state index contributed by atoms with van der Waals surface area (Å²) in [6.45, 7) is 7.28.